The lowest BCUT2D eigenvalue weighted by Gasteiger charge is -2.31. The number of benzene rings is 3. The number of aromatic nitrogens is 6. The van der Waals surface area contributed by atoms with E-state index in [0.717, 1.165) is 48.7 Å². The molecule has 8 rings (SSSR count). The normalized spacial score (nSPS) is 14.6. The van der Waals surface area contributed by atoms with Gasteiger partial charge in [0.05, 0.1) is 13.1 Å². The number of carbonyl (C=O) groups is 2. The molecule has 262 valence electrons. The van der Waals surface area contributed by atoms with Crippen molar-refractivity contribution in [3.05, 3.63) is 129 Å². The number of hydrogen-bond acceptors (Lipinski definition) is 6. The Morgan fingerprint density at radius 1 is 0.596 bits per heavy atom. The summed E-state index contributed by atoms with van der Waals surface area (Å²) in [6.07, 6.45) is 2.21. The van der Waals surface area contributed by atoms with Crippen molar-refractivity contribution in [2.24, 2.45) is 0 Å². The zero-order valence-corrected chi connectivity index (χ0v) is 30.0. The highest BCUT2D eigenvalue weighted by molar-refractivity contribution is 6.30. The van der Waals surface area contributed by atoms with Crippen LogP contribution in [0.25, 0.3) is 0 Å². The van der Waals surface area contributed by atoms with Crippen LogP contribution in [0.2, 0.25) is 5.02 Å². The summed E-state index contributed by atoms with van der Waals surface area (Å²) in [5.74, 6) is 15.3. The first-order valence-corrected chi connectivity index (χ1v) is 17.8. The van der Waals surface area contributed by atoms with E-state index in [1.54, 1.807) is 29.2 Å². The maximum atomic E-state index is 12.7. The minimum atomic E-state index is -0.0563. The summed E-state index contributed by atoms with van der Waals surface area (Å²) in [6.45, 7) is 9.32. The molecule has 3 aromatic carbocycles. The van der Waals surface area contributed by atoms with Crippen LogP contribution in [0, 0.1) is 37.5 Å². The van der Waals surface area contributed by atoms with E-state index in [9.17, 15) is 9.59 Å². The van der Waals surface area contributed by atoms with E-state index in [0.29, 0.717) is 61.5 Å². The van der Waals surface area contributed by atoms with Crippen molar-refractivity contribution in [2.75, 3.05) is 26.2 Å². The number of nitrogens with zero attached hydrogens (tertiary/aromatic N) is 9. The van der Waals surface area contributed by atoms with Crippen LogP contribution in [0.15, 0.2) is 72.8 Å². The van der Waals surface area contributed by atoms with E-state index < -0.39 is 0 Å². The molecule has 0 saturated carbocycles. The number of urea groups is 1. The number of likely N-dealkylation sites (tertiary alicyclic amines) is 1. The van der Waals surface area contributed by atoms with E-state index in [2.05, 4.69) is 63.1 Å². The van der Waals surface area contributed by atoms with Crippen molar-refractivity contribution >= 4 is 23.5 Å². The van der Waals surface area contributed by atoms with E-state index >= 15 is 0 Å². The van der Waals surface area contributed by atoms with Gasteiger partial charge in [-0.25, -0.2) is 4.79 Å². The zero-order chi connectivity index (χ0) is 36.0. The van der Waals surface area contributed by atoms with Gasteiger partial charge in [0.1, 0.15) is 0 Å². The molecule has 3 aliphatic rings. The highest BCUT2D eigenvalue weighted by Crippen LogP contribution is 2.19. The molecular weight excluding hydrogens is 674 g/mol. The quantitative estimate of drug-likeness (QED) is 0.218. The van der Waals surface area contributed by atoms with Gasteiger partial charge in [0.2, 0.25) is 11.6 Å². The minimum Gasteiger partial charge on any atom is -0.329 e. The second kappa shape index (κ2) is 15.5. The molecular formula is C40H38ClN9O2. The van der Waals surface area contributed by atoms with Crippen molar-refractivity contribution in [3.63, 3.8) is 0 Å². The molecule has 0 N–H and O–H groups in total. The second-order valence-corrected chi connectivity index (χ2v) is 13.5. The van der Waals surface area contributed by atoms with Crippen LogP contribution in [-0.4, -0.2) is 82.3 Å². The molecule has 0 spiro atoms. The Balaban J connectivity index is 0.000000162. The summed E-state index contributed by atoms with van der Waals surface area (Å²) in [5.41, 5.74) is 4.85. The molecule has 11 nitrogen and oxygen atoms in total. The summed E-state index contributed by atoms with van der Waals surface area (Å²) < 4.78 is 4.00. The molecule has 3 amide bonds. The lowest BCUT2D eigenvalue weighted by molar-refractivity contribution is 0.0707. The number of amides is 3. The van der Waals surface area contributed by atoms with Crippen LogP contribution in [0.4, 0.5) is 4.79 Å². The lowest BCUT2D eigenvalue weighted by Crippen LogP contribution is -2.45. The van der Waals surface area contributed by atoms with Gasteiger partial charge in [-0.1, -0.05) is 53.8 Å². The molecule has 2 aromatic heterocycles. The highest BCUT2D eigenvalue weighted by Gasteiger charge is 2.29. The predicted molar refractivity (Wildman–Crippen MR) is 197 cm³/mol. The van der Waals surface area contributed by atoms with E-state index in [1.165, 1.54) is 11.1 Å². The van der Waals surface area contributed by atoms with E-state index in [1.807, 2.05) is 62.3 Å². The molecule has 12 heteroatoms. The molecule has 1 fully saturated rings. The van der Waals surface area contributed by atoms with Crippen LogP contribution in [0.1, 0.15) is 68.8 Å². The first kappa shape index (κ1) is 34.5. The van der Waals surface area contributed by atoms with Crippen LogP contribution >= 0.6 is 11.6 Å². The van der Waals surface area contributed by atoms with Gasteiger partial charge < -0.3 is 23.8 Å². The Labute approximate surface area is 308 Å². The Hall–Kier alpha value is -5.91. The third-order valence-electron chi connectivity index (χ3n) is 9.19. The van der Waals surface area contributed by atoms with Crippen LogP contribution in [0.5, 0.6) is 0 Å². The first-order chi connectivity index (χ1) is 25.3. The fourth-order valence-electron chi connectivity index (χ4n) is 6.45. The molecule has 0 atom stereocenters. The lowest BCUT2D eigenvalue weighted by atomic mass is 10.1. The SMILES string of the molecule is Cc1cccc(C#Cc2nnc3n2CCN(C(=O)N2CCCC2)C3)c1.Cc1cccc(C#Cc2nnc3n2CCN(C(=O)c2cccc(Cl)c2)C3)c1. The number of hydrogen-bond donors (Lipinski definition) is 0. The Kier molecular flexibility index (Phi) is 10.3. The second-order valence-electron chi connectivity index (χ2n) is 13.1. The van der Waals surface area contributed by atoms with Crippen molar-refractivity contribution in [1.29, 1.82) is 0 Å². The first-order valence-electron chi connectivity index (χ1n) is 17.4. The highest BCUT2D eigenvalue weighted by atomic mass is 35.5. The summed E-state index contributed by atoms with van der Waals surface area (Å²) >= 11 is 5.99. The molecule has 52 heavy (non-hydrogen) atoms. The van der Waals surface area contributed by atoms with E-state index in [-0.39, 0.29) is 11.9 Å². The maximum absolute atomic E-state index is 12.7. The number of halogens is 1. The Morgan fingerprint density at radius 2 is 1.13 bits per heavy atom. The van der Waals surface area contributed by atoms with E-state index in [4.69, 9.17) is 11.6 Å². The smallest absolute Gasteiger partial charge is 0.320 e. The molecule has 0 unspecified atom stereocenters. The third kappa shape index (κ3) is 8.01. The Bertz CT molecular complexity index is 2250. The van der Waals surface area contributed by atoms with Crippen molar-refractivity contribution in [2.45, 2.75) is 52.9 Å². The molecule has 5 heterocycles. The zero-order valence-electron chi connectivity index (χ0n) is 29.2. The fourth-order valence-corrected chi connectivity index (χ4v) is 6.64. The molecule has 0 radical (unpaired) electrons. The van der Waals surface area contributed by atoms with Gasteiger partial charge in [-0.15, -0.1) is 20.4 Å². The summed E-state index contributed by atoms with van der Waals surface area (Å²) in [7, 11) is 0. The summed E-state index contributed by atoms with van der Waals surface area (Å²) in [5, 5.41) is 17.4. The van der Waals surface area contributed by atoms with Crippen LogP contribution in [0.3, 0.4) is 0 Å². The van der Waals surface area contributed by atoms with Gasteiger partial charge in [0.25, 0.3) is 5.91 Å². The molecule has 5 aromatic rings. The van der Waals surface area contributed by atoms with Gasteiger partial charge in [-0.05, 0) is 92.1 Å². The Morgan fingerprint density at radius 3 is 1.69 bits per heavy atom. The molecule has 0 aliphatic carbocycles. The predicted octanol–water partition coefficient (Wildman–Crippen LogP) is 5.31. The average molecular weight is 712 g/mol. The average Bonchev–Trinajstić information content (AvgIpc) is 3.93. The van der Waals surface area contributed by atoms with Gasteiger partial charge in [0.15, 0.2) is 11.6 Å². The molecule has 1 saturated heterocycles. The topological polar surface area (TPSA) is 105 Å². The van der Waals surface area contributed by atoms with Gasteiger partial charge in [-0.3, -0.25) is 4.79 Å². The fraction of sp³-hybridized carbons (Fsp3) is 0.300. The van der Waals surface area contributed by atoms with Crippen molar-refractivity contribution < 1.29 is 9.59 Å². The van der Waals surface area contributed by atoms with Gasteiger partial charge in [-0.2, -0.15) is 0 Å². The third-order valence-corrected chi connectivity index (χ3v) is 9.42. The summed E-state index contributed by atoms with van der Waals surface area (Å²) in [6, 6.07) is 23.2. The minimum absolute atomic E-state index is 0.0563. The van der Waals surface area contributed by atoms with Crippen molar-refractivity contribution in [1.82, 2.24) is 44.2 Å². The van der Waals surface area contributed by atoms with Crippen LogP contribution in [-0.2, 0) is 26.2 Å². The van der Waals surface area contributed by atoms with Crippen LogP contribution < -0.4 is 0 Å². The van der Waals surface area contributed by atoms with Crippen molar-refractivity contribution in [3.8, 4) is 23.7 Å². The number of aryl methyl sites for hydroxylation is 2. The largest absolute Gasteiger partial charge is 0.329 e. The monoisotopic (exact) mass is 711 g/mol. The van der Waals surface area contributed by atoms with Gasteiger partial charge >= 0.3 is 6.03 Å². The molecule has 3 aliphatic heterocycles. The number of rotatable bonds is 1. The standard InChI is InChI=1S/C21H17ClN4O.C19H21N5O/c1-15-4-2-5-16(12-15)8-9-19-23-24-20-14-25(10-11-26(19)20)21(27)17-6-3-7-18(22)13-17;1-15-5-4-6-16(13-15)7-8-17-20-21-18-14-23(11-12-24(17)18)19(25)22-9-2-3-10-22/h2-7,12-13H,10-11,14H2,1H3;4-6,13H,2-3,9-12,14H2,1H3. The summed E-state index contributed by atoms with van der Waals surface area (Å²) in [4.78, 5) is 30.8. The van der Waals surface area contributed by atoms with Gasteiger partial charge in [0, 0.05) is 61.0 Å². The molecule has 0 bridgehead atoms. The number of carbonyl (C=O) groups excluding carboxylic acids is 2. The maximum Gasteiger partial charge on any atom is 0.320 e. The number of fused-ring (bicyclic) bond motifs is 2.